The number of rotatable bonds is 7. The van der Waals surface area contributed by atoms with E-state index in [0.29, 0.717) is 6.42 Å². The van der Waals surface area contributed by atoms with Crippen molar-refractivity contribution in [1.82, 2.24) is 15.1 Å². The highest BCUT2D eigenvalue weighted by Gasteiger charge is 2.41. The van der Waals surface area contributed by atoms with Crippen LogP contribution in [0.3, 0.4) is 0 Å². The zero-order valence-electron chi connectivity index (χ0n) is 12.8. The summed E-state index contributed by atoms with van der Waals surface area (Å²) in [6, 6.07) is -0.0996. The molecular formula is C14H27N3O2. The summed E-state index contributed by atoms with van der Waals surface area (Å²) < 4.78 is 0. The normalized spacial score (nSPS) is 21.8. The Morgan fingerprint density at radius 2 is 1.89 bits per heavy atom. The van der Waals surface area contributed by atoms with E-state index in [1.807, 2.05) is 34.9 Å². The molecule has 1 fully saturated rings. The molecule has 0 bridgehead atoms. The van der Waals surface area contributed by atoms with Crippen molar-refractivity contribution in [2.24, 2.45) is 0 Å². The summed E-state index contributed by atoms with van der Waals surface area (Å²) in [5.74, 6) is -0.0856. The standard InChI is InChI=1S/C14H27N3O2/c1-6-11(7-2)17-13(18)8-12(14(17)19)15-10(3)9-16(4)5/h10-12,15H,6-9H2,1-5H3. The Hall–Kier alpha value is -0.940. The lowest BCUT2D eigenvalue weighted by molar-refractivity contribution is -0.141. The van der Waals surface area contributed by atoms with Crippen LogP contribution < -0.4 is 5.32 Å². The molecule has 1 aliphatic rings. The minimum Gasteiger partial charge on any atom is -0.308 e. The van der Waals surface area contributed by atoms with Gasteiger partial charge in [-0.3, -0.25) is 14.5 Å². The molecule has 1 saturated heterocycles. The molecule has 110 valence electrons. The Balaban J connectivity index is 2.65. The van der Waals surface area contributed by atoms with Crippen LogP contribution in [0.5, 0.6) is 0 Å². The average molecular weight is 269 g/mol. The minimum atomic E-state index is -0.344. The predicted molar refractivity (Wildman–Crippen MR) is 75.8 cm³/mol. The van der Waals surface area contributed by atoms with Gasteiger partial charge in [0.05, 0.1) is 12.5 Å². The van der Waals surface area contributed by atoms with Crippen LogP contribution in [0.25, 0.3) is 0 Å². The zero-order chi connectivity index (χ0) is 14.6. The van der Waals surface area contributed by atoms with E-state index in [1.165, 1.54) is 4.90 Å². The number of nitrogens with one attached hydrogen (secondary N) is 1. The van der Waals surface area contributed by atoms with Gasteiger partial charge < -0.3 is 10.2 Å². The fraction of sp³-hybridized carbons (Fsp3) is 0.857. The number of nitrogens with zero attached hydrogens (tertiary/aromatic N) is 2. The number of hydrogen-bond donors (Lipinski definition) is 1. The third-order valence-corrected chi connectivity index (χ3v) is 3.62. The Morgan fingerprint density at radius 3 is 2.37 bits per heavy atom. The molecule has 5 nitrogen and oxygen atoms in total. The van der Waals surface area contributed by atoms with Gasteiger partial charge in [-0.05, 0) is 33.9 Å². The first-order valence-electron chi connectivity index (χ1n) is 7.17. The van der Waals surface area contributed by atoms with Crippen LogP contribution >= 0.6 is 0 Å². The summed E-state index contributed by atoms with van der Waals surface area (Å²) in [6.07, 6.45) is 1.95. The SMILES string of the molecule is CCC(CC)N1C(=O)CC(NC(C)CN(C)C)C1=O. The van der Waals surface area contributed by atoms with Gasteiger partial charge in [0.2, 0.25) is 11.8 Å². The van der Waals surface area contributed by atoms with E-state index in [1.54, 1.807) is 0 Å². The van der Waals surface area contributed by atoms with Crippen molar-refractivity contribution < 1.29 is 9.59 Å². The van der Waals surface area contributed by atoms with E-state index in [2.05, 4.69) is 10.2 Å². The predicted octanol–water partition coefficient (Wildman–Crippen LogP) is 0.842. The first-order chi connectivity index (χ1) is 8.90. The second kappa shape index (κ2) is 7.01. The molecule has 0 aliphatic carbocycles. The minimum absolute atomic E-state index is 0.0340. The van der Waals surface area contributed by atoms with Gasteiger partial charge in [0.1, 0.15) is 0 Å². The highest BCUT2D eigenvalue weighted by molar-refractivity contribution is 6.05. The lowest BCUT2D eigenvalue weighted by Gasteiger charge is -2.25. The fourth-order valence-corrected chi connectivity index (χ4v) is 2.76. The number of likely N-dealkylation sites (tertiary alicyclic amines) is 1. The van der Waals surface area contributed by atoms with Gasteiger partial charge in [0.15, 0.2) is 0 Å². The van der Waals surface area contributed by atoms with Crippen LogP contribution in [0, 0.1) is 0 Å². The zero-order valence-corrected chi connectivity index (χ0v) is 12.8. The molecule has 0 spiro atoms. The Bertz CT molecular complexity index is 327. The van der Waals surface area contributed by atoms with Crippen LogP contribution in [0.2, 0.25) is 0 Å². The van der Waals surface area contributed by atoms with Crippen molar-refractivity contribution in [3.8, 4) is 0 Å². The molecule has 0 aromatic carbocycles. The molecule has 1 aliphatic heterocycles. The van der Waals surface area contributed by atoms with Gasteiger partial charge in [-0.1, -0.05) is 13.8 Å². The monoisotopic (exact) mass is 269 g/mol. The van der Waals surface area contributed by atoms with Crippen molar-refractivity contribution in [1.29, 1.82) is 0 Å². The first-order valence-corrected chi connectivity index (χ1v) is 7.17. The third-order valence-electron chi connectivity index (χ3n) is 3.62. The van der Waals surface area contributed by atoms with Crippen LogP contribution in [0.1, 0.15) is 40.0 Å². The molecule has 1 N–H and O–H groups in total. The maximum Gasteiger partial charge on any atom is 0.247 e. The maximum absolute atomic E-state index is 12.3. The highest BCUT2D eigenvalue weighted by atomic mass is 16.2. The number of carbonyl (C=O) groups is 2. The summed E-state index contributed by atoms with van der Waals surface area (Å²) in [5, 5.41) is 3.27. The van der Waals surface area contributed by atoms with E-state index in [4.69, 9.17) is 0 Å². The van der Waals surface area contributed by atoms with Gasteiger partial charge in [-0.25, -0.2) is 0 Å². The van der Waals surface area contributed by atoms with E-state index in [-0.39, 0.29) is 29.9 Å². The number of amides is 2. The van der Waals surface area contributed by atoms with Crippen molar-refractivity contribution in [2.75, 3.05) is 20.6 Å². The molecule has 2 atom stereocenters. The summed E-state index contributed by atoms with van der Waals surface area (Å²) >= 11 is 0. The fourth-order valence-electron chi connectivity index (χ4n) is 2.76. The number of imide groups is 1. The van der Waals surface area contributed by atoms with Gasteiger partial charge in [0, 0.05) is 18.6 Å². The van der Waals surface area contributed by atoms with Crippen molar-refractivity contribution in [2.45, 2.75) is 58.2 Å². The molecule has 1 rings (SSSR count). The number of carbonyl (C=O) groups excluding carboxylic acids is 2. The van der Waals surface area contributed by atoms with Gasteiger partial charge in [0.25, 0.3) is 0 Å². The van der Waals surface area contributed by atoms with Crippen LogP contribution in [0.15, 0.2) is 0 Å². The molecule has 0 aromatic rings. The van der Waals surface area contributed by atoms with Gasteiger partial charge in [-0.2, -0.15) is 0 Å². The molecule has 0 radical (unpaired) electrons. The topological polar surface area (TPSA) is 52.7 Å². The van der Waals surface area contributed by atoms with Gasteiger partial charge in [-0.15, -0.1) is 0 Å². The molecule has 2 amide bonds. The molecule has 19 heavy (non-hydrogen) atoms. The average Bonchev–Trinajstić information content (AvgIpc) is 2.57. The lowest BCUT2D eigenvalue weighted by atomic mass is 10.1. The Labute approximate surface area is 116 Å². The smallest absolute Gasteiger partial charge is 0.247 e. The molecule has 1 heterocycles. The molecule has 0 aromatic heterocycles. The van der Waals surface area contributed by atoms with Crippen LogP contribution in [0.4, 0.5) is 0 Å². The molecule has 2 unspecified atom stereocenters. The van der Waals surface area contributed by atoms with E-state index < -0.39 is 0 Å². The first kappa shape index (κ1) is 16.1. The summed E-state index contributed by atoms with van der Waals surface area (Å²) in [5.41, 5.74) is 0. The van der Waals surface area contributed by atoms with E-state index in [9.17, 15) is 9.59 Å². The van der Waals surface area contributed by atoms with E-state index in [0.717, 1.165) is 19.4 Å². The largest absolute Gasteiger partial charge is 0.308 e. The summed E-state index contributed by atoms with van der Waals surface area (Å²) in [6.45, 7) is 6.93. The molecular weight excluding hydrogens is 242 g/mol. The maximum atomic E-state index is 12.3. The second-order valence-electron chi connectivity index (χ2n) is 5.66. The van der Waals surface area contributed by atoms with Crippen molar-refractivity contribution in [3.05, 3.63) is 0 Å². The molecule has 0 saturated carbocycles. The number of likely N-dealkylation sites (N-methyl/N-ethyl adjacent to an activating group) is 1. The molecule has 5 heteroatoms. The van der Waals surface area contributed by atoms with E-state index >= 15 is 0 Å². The van der Waals surface area contributed by atoms with Crippen molar-refractivity contribution >= 4 is 11.8 Å². The lowest BCUT2D eigenvalue weighted by Crippen LogP contribution is -2.47. The second-order valence-corrected chi connectivity index (χ2v) is 5.66. The number of hydrogen-bond acceptors (Lipinski definition) is 4. The summed E-state index contributed by atoms with van der Waals surface area (Å²) in [7, 11) is 3.99. The quantitative estimate of drug-likeness (QED) is 0.696. The Morgan fingerprint density at radius 1 is 1.32 bits per heavy atom. The highest BCUT2D eigenvalue weighted by Crippen LogP contribution is 2.20. The van der Waals surface area contributed by atoms with Crippen LogP contribution in [-0.2, 0) is 9.59 Å². The summed E-state index contributed by atoms with van der Waals surface area (Å²) in [4.78, 5) is 27.9. The van der Waals surface area contributed by atoms with Crippen molar-refractivity contribution in [3.63, 3.8) is 0 Å². The third kappa shape index (κ3) is 4.01. The van der Waals surface area contributed by atoms with Gasteiger partial charge >= 0.3 is 0 Å². The Kier molecular flexibility index (Phi) is 5.94. The van der Waals surface area contributed by atoms with Crippen LogP contribution in [-0.4, -0.2) is 60.4 Å².